The van der Waals surface area contributed by atoms with Crippen molar-refractivity contribution in [2.24, 2.45) is 0 Å². The molecule has 1 atom stereocenters. The minimum atomic E-state index is -0.554. The number of rotatable bonds is 4. The van der Waals surface area contributed by atoms with Crippen molar-refractivity contribution in [3.63, 3.8) is 0 Å². The number of ketones is 1. The minimum absolute atomic E-state index is 0.115. The molecule has 0 bridgehead atoms. The van der Waals surface area contributed by atoms with E-state index in [9.17, 15) is 9.18 Å². The van der Waals surface area contributed by atoms with Crippen LogP contribution in [0.5, 0.6) is 0 Å². The van der Waals surface area contributed by atoms with E-state index < -0.39 is 11.9 Å². The Morgan fingerprint density at radius 2 is 2.20 bits per heavy atom. The molecule has 0 saturated heterocycles. The summed E-state index contributed by atoms with van der Waals surface area (Å²) in [7, 11) is 1.46. The Morgan fingerprint density at radius 3 is 2.73 bits per heavy atom. The predicted octanol–water partition coefficient (Wildman–Crippen LogP) is 2.74. The molecule has 0 aliphatic heterocycles. The van der Waals surface area contributed by atoms with Crippen molar-refractivity contribution in [3.05, 3.63) is 35.1 Å². The first kappa shape index (κ1) is 11.9. The lowest BCUT2D eigenvalue weighted by atomic mass is 10.0. The number of aryl methyl sites for hydroxylation is 1. The second-order valence-electron chi connectivity index (χ2n) is 3.48. The lowest BCUT2D eigenvalue weighted by molar-refractivity contribution is 0.0591. The third kappa shape index (κ3) is 2.63. The van der Waals surface area contributed by atoms with E-state index >= 15 is 0 Å². The number of methoxy groups -OCH3 is 1. The van der Waals surface area contributed by atoms with E-state index in [-0.39, 0.29) is 11.3 Å². The van der Waals surface area contributed by atoms with Crippen LogP contribution in [0.2, 0.25) is 0 Å². The average Bonchev–Trinajstić information content (AvgIpc) is 2.23. The van der Waals surface area contributed by atoms with Crippen molar-refractivity contribution in [2.45, 2.75) is 26.4 Å². The van der Waals surface area contributed by atoms with Gasteiger partial charge in [0.2, 0.25) is 0 Å². The Kier molecular flexibility index (Phi) is 3.97. The summed E-state index contributed by atoms with van der Waals surface area (Å²) in [6.45, 7) is 3.66. The molecule has 15 heavy (non-hydrogen) atoms. The van der Waals surface area contributed by atoms with Gasteiger partial charge in [-0.1, -0.05) is 18.6 Å². The number of Topliss-reactive ketones (excluding diaryl/α,β-unsaturated/α-hetero) is 1. The fourth-order valence-electron chi connectivity index (χ4n) is 1.46. The Hall–Kier alpha value is -1.22. The largest absolute Gasteiger partial charge is 0.373 e. The molecule has 0 fully saturated rings. The smallest absolute Gasteiger partial charge is 0.194 e. The van der Waals surface area contributed by atoms with E-state index in [0.29, 0.717) is 6.42 Å². The minimum Gasteiger partial charge on any atom is -0.373 e. The zero-order valence-electron chi connectivity index (χ0n) is 9.21. The maximum atomic E-state index is 13.4. The van der Waals surface area contributed by atoms with Crippen LogP contribution in [-0.2, 0) is 4.74 Å². The molecule has 2 nitrogen and oxygen atoms in total. The molecule has 0 radical (unpaired) electrons. The number of carbonyl (C=O) groups is 1. The first-order chi connectivity index (χ1) is 7.10. The van der Waals surface area contributed by atoms with Crippen LogP contribution in [-0.4, -0.2) is 19.0 Å². The van der Waals surface area contributed by atoms with E-state index in [0.717, 1.165) is 5.56 Å². The lowest BCUT2D eigenvalue weighted by Crippen LogP contribution is -2.23. The summed E-state index contributed by atoms with van der Waals surface area (Å²) in [4.78, 5) is 11.8. The zero-order chi connectivity index (χ0) is 11.4. The van der Waals surface area contributed by atoms with Gasteiger partial charge in [-0.2, -0.15) is 0 Å². The normalized spacial score (nSPS) is 12.5. The topological polar surface area (TPSA) is 26.3 Å². The number of benzene rings is 1. The van der Waals surface area contributed by atoms with E-state index in [2.05, 4.69) is 0 Å². The summed E-state index contributed by atoms with van der Waals surface area (Å²) in [5, 5.41) is 0. The van der Waals surface area contributed by atoms with Crippen LogP contribution in [0.15, 0.2) is 18.2 Å². The van der Waals surface area contributed by atoms with Crippen LogP contribution < -0.4 is 0 Å². The van der Waals surface area contributed by atoms with Crippen molar-refractivity contribution in [1.82, 2.24) is 0 Å². The quantitative estimate of drug-likeness (QED) is 0.714. The summed E-state index contributed by atoms with van der Waals surface area (Å²) >= 11 is 0. The number of hydrogen-bond acceptors (Lipinski definition) is 2. The molecular formula is C12H15FO2. The number of halogens is 1. The van der Waals surface area contributed by atoms with Crippen molar-refractivity contribution in [2.75, 3.05) is 7.11 Å². The van der Waals surface area contributed by atoms with Gasteiger partial charge in [-0.05, 0) is 25.5 Å². The summed E-state index contributed by atoms with van der Waals surface area (Å²) in [5.41, 5.74) is 0.981. The van der Waals surface area contributed by atoms with E-state index in [1.165, 1.54) is 13.2 Å². The van der Waals surface area contributed by atoms with Gasteiger partial charge < -0.3 is 4.74 Å². The third-order valence-electron chi connectivity index (χ3n) is 2.34. The molecule has 0 N–H and O–H groups in total. The SMILES string of the molecule is CCC(OC)C(=O)c1cc(C)ccc1F. The molecule has 0 amide bonds. The van der Waals surface area contributed by atoms with Crippen LogP contribution in [0.3, 0.4) is 0 Å². The predicted molar refractivity (Wildman–Crippen MR) is 56.6 cm³/mol. The van der Waals surface area contributed by atoms with Gasteiger partial charge in [-0.15, -0.1) is 0 Å². The standard InChI is InChI=1S/C12H15FO2/c1-4-11(15-3)12(14)9-7-8(2)5-6-10(9)13/h5-7,11H,4H2,1-3H3. The molecule has 0 spiro atoms. The number of ether oxygens (including phenoxy) is 1. The van der Waals surface area contributed by atoms with Gasteiger partial charge in [0.25, 0.3) is 0 Å². The molecule has 1 aromatic rings. The molecule has 1 rings (SSSR count). The molecule has 82 valence electrons. The molecule has 0 aliphatic rings. The van der Waals surface area contributed by atoms with Crippen molar-refractivity contribution in [1.29, 1.82) is 0 Å². The molecule has 0 saturated carbocycles. The first-order valence-electron chi connectivity index (χ1n) is 4.93. The first-order valence-corrected chi connectivity index (χ1v) is 4.93. The average molecular weight is 210 g/mol. The summed E-state index contributed by atoms with van der Waals surface area (Å²) < 4.78 is 18.4. The van der Waals surface area contributed by atoms with Crippen molar-refractivity contribution >= 4 is 5.78 Å². The van der Waals surface area contributed by atoms with Gasteiger partial charge in [0.1, 0.15) is 11.9 Å². The van der Waals surface area contributed by atoms with Gasteiger partial charge in [0.05, 0.1) is 5.56 Å². The molecule has 3 heteroatoms. The van der Waals surface area contributed by atoms with Gasteiger partial charge >= 0.3 is 0 Å². The second kappa shape index (κ2) is 5.03. The molecule has 1 unspecified atom stereocenters. The van der Waals surface area contributed by atoms with E-state index in [1.807, 2.05) is 13.8 Å². The summed E-state index contributed by atoms with van der Waals surface area (Å²) in [5.74, 6) is -0.776. The molecular weight excluding hydrogens is 195 g/mol. The molecule has 0 heterocycles. The third-order valence-corrected chi connectivity index (χ3v) is 2.34. The summed E-state index contributed by atoms with van der Waals surface area (Å²) in [6.07, 6.45) is -0.00999. The molecule has 0 aliphatic carbocycles. The Bertz CT molecular complexity index is 357. The highest BCUT2D eigenvalue weighted by Crippen LogP contribution is 2.14. The number of carbonyl (C=O) groups excluding carboxylic acids is 1. The van der Waals surface area contributed by atoms with Crippen molar-refractivity contribution in [3.8, 4) is 0 Å². The van der Waals surface area contributed by atoms with Crippen LogP contribution in [0.25, 0.3) is 0 Å². The maximum absolute atomic E-state index is 13.4. The Balaban J connectivity index is 3.04. The van der Waals surface area contributed by atoms with Gasteiger partial charge in [0, 0.05) is 7.11 Å². The Labute approximate surface area is 89.1 Å². The maximum Gasteiger partial charge on any atom is 0.194 e. The van der Waals surface area contributed by atoms with Crippen LogP contribution in [0.4, 0.5) is 4.39 Å². The van der Waals surface area contributed by atoms with Crippen LogP contribution in [0, 0.1) is 12.7 Å². The lowest BCUT2D eigenvalue weighted by Gasteiger charge is -2.12. The van der Waals surface area contributed by atoms with Gasteiger partial charge in [0.15, 0.2) is 5.78 Å². The highest BCUT2D eigenvalue weighted by atomic mass is 19.1. The van der Waals surface area contributed by atoms with Crippen molar-refractivity contribution < 1.29 is 13.9 Å². The fourth-order valence-corrected chi connectivity index (χ4v) is 1.46. The Morgan fingerprint density at radius 1 is 1.53 bits per heavy atom. The van der Waals surface area contributed by atoms with Crippen LogP contribution in [0.1, 0.15) is 29.3 Å². The number of hydrogen-bond donors (Lipinski definition) is 0. The molecule has 0 aromatic heterocycles. The monoisotopic (exact) mass is 210 g/mol. The zero-order valence-corrected chi connectivity index (χ0v) is 9.21. The highest BCUT2D eigenvalue weighted by Gasteiger charge is 2.20. The van der Waals surface area contributed by atoms with E-state index in [1.54, 1.807) is 12.1 Å². The van der Waals surface area contributed by atoms with Gasteiger partial charge in [-0.25, -0.2) is 4.39 Å². The highest BCUT2D eigenvalue weighted by molar-refractivity contribution is 5.99. The second-order valence-corrected chi connectivity index (χ2v) is 3.48. The van der Waals surface area contributed by atoms with Gasteiger partial charge in [-0.3, -0.25) is 4.79 Å². The van der Waals surface area contributed by atoms with Crippen LogP contribution >= 0.6 is 0 Å². The summed E-state index contributed by atoms with van der Waals surface area (Å²) in [6, 6.07) is 4.50. The fraction of sp³-hybridized carbons (Fsp3) is 0.417. The van der Waals surface area contributed by atoms with E-state index in [4.69, 9.17) is 4.74 Å². The molecule has 1 aromatic carbocycles.